The summed E-state index contributed by atoms with van der Waals surface area (Å²) < 4.78 is 24.8. The number of benzene rings is 2. The number of rotatable bonds is 5. The number of fused-ring (bicyclic) bond motifs is 1. The highest BCUT2D eigenvalue weighted by molar-refractivity contribution is 7.91. The first kappa shape index (κ1) is 20.0. The maximum absolute atomic E-state index is 13.0. The molecule has 5 nitrogen and oxygen atoms in total. The molecule has 1 amide bonds. The third-order valence-electron chi connectivity index (χ3n) is 6.20. The van der Waals surface area contributed by atoms with Crippen molar-refractivity contribution in [3.63, 3.8) is 0 Å². The molecule has 1 fully saturated rings. The maximum atomic E-state index is 13.0. The molecule has 29 heavy (non-hydrogen) atoms. The van der Waals surface area contributed by atoms with Gasteiger partial charge in [0.15, 0.2) is 9.84 Å². The van der Waals surface area contributed by atoms with Crippen LogP contribution in [0.2, 0.25) is 0 Å². The van der Waals surface area contributed by atoms with Crippen molar-refractivity contribution in [2.24, 2.45) is 5.92 Å². The van der Waals surface area contributed by atoms with Gasteiger partial charge in [-0.2, -0.15) is 0 Å². The lowest BCUT2D eigenvalue weighted by Crippen LogP contribution is -2.41. The van der Waals surface area contributed by atoms with Crippen molar-refractivity contribution in [1.82, 2.24) is 4.90 Å². The molecule has 2 aromatic carbocycles. The number of likely N-dealkylation sites (tertiary alicyclic amines) is 1. The van der Waals surface area contributed by atoms with Crippen molar-refractivity contribution in [3.8, 4) is 0 Å². The van der Waals surface area contributed by atoms with Gasteiger partial charge in [-0.15, -0.1) is 0 Å². The van der Waals surface area contributed by atoms with Crippen LogP contribution in [0.25, 0.3) is 0 Å². The quantitative estimate of drug-likeness (QED) is 0.755. The Labute approximate surface area is 173 Å². The highest BCUT2D eigenvalue weighted by Crippen LogP contribution is 2.30. The van der Waals surface area contributed by atoms with Crippen LogP contribution in [0.3, 0.4) is 0 Å². The minimum absolute atomic E-state index is 0.00330. The zero-order valence-corrected chi connectivity index (χ0v) is 17.7. The highest BCUT2D eigenvalue weighted by atomic mass is 32.2. The van der Waals surface area contributed by atoms with Gasteiger partial charge in [-0.25, -0.2) is 8.42 Å². The molecule has 1 saturated heterocycles. The van der Waals surface area contributed by atoms with Crippen LogP contribution in [-0.2, 0) is 16.3 Å². The van der Waals surface area contributed by atoms with Crippen molar-refractivity contribution in [2.75, 3.05) is 36.8 Å². The van der Waals surface area contributed by atoms with Gasteiger partial charge in [0, 0.05) is 31.9 Å². The number of carbonyl (C=O) groups excluding carboxylic acids is 1. The molecule has 0 radical (unpaired) electrons. The van der Waals surface area contributed by atoms with Crippen LogP contribution >= 0.6 is 0 Å². The Morgan fingerprint density at radius 1 is 1.00 bits per heavy atom. The molecule has 0 atom stereocenters. The largest absolute Gasteiger partial charge is 0.371 e. The maximum Gasteiger partial charge on any atom is 0.255 e. The molecule has 4 rings (SSSR count). The van der Waals surface area contributed by atoms with E-state index >= 15 is 0 Å². The Hall–Kier alpha value is -2.34. The van der Waals surface area contributed by atoms with Gasteiger partial charge in [-0.3, -0.25) is 4.79 Å². The standard InChI is InChI=1S/C23H28N2O3S/c1-2-29(27,28)22-10-6-4-8-20(22)23(26)24-14-11-18(12-15-24)17-25-16-13-19-7-3-5-9-21(19)25/h3-10,18H,2,11-17H2,1H3. The number of anilines is 1. The van der Waals surface area contributed by atoms with Crippen LogP contribution in [0, 0.1) is 5.92 Å². The van der Waals surface area contributed by atoms with E-state index < -0.39 is 9.84 Å². The Morgan fingerprint density at radius 2 is 1.69 bits per heavy atom. The fraction of sp³-hybridized carbons (Fsp3) is 0.435. The Morgan fingerprint density at radius 3 is 2.45 bits per heavy atom. The van der Waals surface area contributed by atoms with Crippen LogP contribution in [0.15, 0.2) is 53.4 Å². The Balaban J connectivity index is 1.40. The molecule has 2 aliphatic rings. The second-order valence-corrected chi connectivity index (χ2v) is 10.2. The average Bonchev–Trinajstić information content (AvgIpc) is 3.17. The molecule has 6 heteroatoms. The second kappa shape index (κ2) is 8.19. The van der Waals surface area contributed by atoms with E-state index in [-0.39, 0.29) is 16.6 Å². The Bertz CT molecular complexity index is 995. The summed E-state index contributed by atoms with van der Waals surface area (Å²) in [4.78, 5) is 17.5. The third kappa shape index (κ3) is 4.04. The SMILES string of the molecule is CCS(=O)(=O)c1ccccc1C(=O)N1CCC(CN2CCc3ccccc32)CC1. The number of sulfone groups is 1. The first-order valence-corrected chi connectivity index (χ1v) is 12.1. The molecule has 2 heterocycles. The minimum Gasteiger partial charge on any atom is -0.371 e. The van der Waals surface area contributed by atoms with Gasteiger partial charge in [-0.1, -0.05) is 37.3 Å². The summed E-state index contributed by atoms with van der Waals surface area (Å²) in [6.07, 6.45) is 3.01. The van der Waals surface area contributed by atoms with Crippen molar-refractivity contribution in [1.29, 1.82) is 0 Å². The van der Waals surface area contributed by atoms with E-state index in [4.69, 9.17) is 0 Å². The molecule has 154 valence electrons. The van der Waals surface area contributed by atoms with Crippen LogP contribution < -0.4 is 4.90 Å². The molecule has 2 aliphatic heterocycles. The van der Waals surface area contributed by atoms with E-state index in [0.29, 0.717) is 24.6 Å². The lowest BCUT2D eigenvalue weighted by atomic mass is 9.95. The van der Waals surface area contributed by atoms with E-state index in [1.54, 1.807) is 31.2 Å². The van der Waals surface area contributed by atoms with E-state index in [0.717, 1.165) is 32.4 Å². The number of piperidine rings is 1. The van der Waals surface area contributed by atoms with Crippen molar-refractivity contribution < 1.29 is 13.2 Å². The molecular formula is C23H28N2O3S. The van der Waals surface area contributed by atoms with Gasteiger partial charge in [0.2, 0.25) is 0 Å². The zero-order chi connectivity index (χ0) is 20.4. The number of hydrogen-bond donors (Lipinski definition) is 0. The molecule has 0 aliphatic carbocycles. The summed E-state index contributed by atoms with van der Waals surface area (Å²) in [5.74, 6) is 0.388. The first-order valence-electron chi connectivity index (χ1n) is 10.4. The zero-order valence-electron chi connectivity index (χ0n) is 16.9. The number of nitrogens with zero attached hydrogens (tertiary/aromatic N) is 2. The van der Waals surface area contributed by atoms with E-state index in [1.807, 2.05) is 4.90 Å². The van der Waals surface area contributed by atoms with Gasteiger partial charge in [0.25, 0.3) is 5.91 Å². The van der Waals surface area contributed by atoms with Crippen LogP contribution in [0.5, 0.6) is 0 Å². The summed E-state index contributed by atoms with van der Waals surface area (Å²) in [7, 11) is -3.42. The molecule has 2 aromatic rings. The number of hydrogen-bond acceptors (Lipinski definition) is 4. The van der Waals surface area contributed by atoms with Crippen LogP contribution in [0.4, 0.5) is 5.69 Å². The molecule has 0 spiro atoms. The van der Waals surface area contributed by atoms with Gasteiger partial charge in [-0.05, 0) is 48.9 Å². The first-order chi connectivity index (χ1) is 14.0. The summed E-state index contributed by atoms with van der Waals surface area (Å²) in [6, 6.07) is 15.2. The molecular weight excluding hydrogens is 384 g/mol. The Kier molecular flexibility index (Phi) is 5.63. The fourth-order valence-electron chi connectivity index (χ4n) is 4.47. The number of carbonyl (C=O) groups is 1. The molecule has 0 unspecified atom stereocenters. The molecule has 0 aromatic heterocycles. The van der Waals surface area contributed by atoms with Crippen LogP contribution in [0.1, 0.15) is 35.7 Å². The lowest BCUT2D eigenvalue weighted by molar-refractivity contribution is 0.0689. The number of amides is 1. The summed E-state index contributed by atoms with van der Waals surface area (Å²) in [5.41, 5.74) is 3.08. The summed E-state index contributed by atoms with van der Waals surface area (Å²) in [6.45, 7) is 5.07. The monoisotopic (exact) mass is 412 g/mol. The smallest absolute Gasteiger partial charge is 0.255 e. The molecule has 0 saturated carbocycles. The fourth-order valence-corrected chi connectivity index (χ4v) is 5.55. The summed E-state index contributed by atoms with van der Waals surface area (Å²) in [5, 5.41) is 0. The van der Waals surface area contributed by atoms with E-state index in [1.165, 1.54) is 11.3 Å². The second-order valence-electron chi connectivity index (χ2n) is 7.96. The summed E-state index contributed by atoms with van der Waals surface area (Å²) >= 11 is 0. The van der Waals surface area contributed by atoms with E-state index in [2.05, 4.69) is 29.2 Å². The van der Waals surface area contributed by atoms with Crippen molar-refractivity contribution in [2.45, 2.75) is 31.1 Å². The normalized spacial score (nSPS) is 17.4. The third-order valence-corrected chi connectivity index (χ3v) is 7.98. The lowest BCUT2D eigenvalue weighted by Gasteiger charge is -2.35. The molecule has 0 bridgehead atoms. The minimum atomic E-state index is -3.42. The average molecular weight is 413 g/mol. The van der Waals surface area contributed by atoms with Gasteiger partial charge in [0.05, 0.1) is 16.2 Å². The van der Waals surface area contributed by atoms with Gasteiger partial charge in [0.1, 0.15) is 0 Å². The van der Waals surface area contributed by atoms with Crippen molar-refractivity contribution >= 4 is 21.4 Å². The van der Waals surface area contributed by atoms with Crippen molar-refractivity contribution in [3.05, 3.63) is 59.7 Å². The topological polar surface area (TPSA) is 57.7 Å². The molecule has 0 N–H and O–H groups in total. The van der Waals surface area contributed by atoms with Gasteiger partial charge < -0.3 is 9.80 Å². The predicted octanol–water partition coefficient (Wildman–Crippen LogP) is 3.40. The van der Waals surface area contributed by atoms with Gasteiger partial charge >= 0.3 is 0 Å². The predicted molar refractivity (Wildman–Crippen MR) is 115 cm³/mol. The van der Waals surface area contributed by atoms with E-state index in [9.17, 15) is 13.2 Å². The number of para-hydroxylation sites is 1. The highest BCUT2D eigenvalue weighted by Gasteiger charge is 2.29. The van der Waals surface area contributed by atoms with Crippen LogP contribution in [-0.4, -0.2) is 51.2 Å².